The highest BCUT2D eigenvalue weighted by Gasteiger charge is 2.27. The Labute approximate surface area is 165 Å². The molecule has 8 nitrogen and oxygen atoms in total. The van der Waals surface area contributed by atoms with Gasteiger partial charge in [0.1, 0.15) is 0 Å². The van der Waals surface area contributed by atoms with Crippen LogP contribution in [0.4, 0.5) is 0 Å². The van der Waals surface area contributed by atoms with E-state index in [9.17, 15) is 0 Å². The molecule has 150 valence electrons. The molecule has 0 amide bonds. The van der Waals surface area contributed by atoms with E-state index in [2.05, 4.69) is 59.9 Å². The molecule has 1 fully saturated rings. The SMILES string of the molecule is CC(C)c1noc(CN2CCC(c3nnc4ccc(C(C)(C)C)nn34)CC2)n1. The summed E-state index contributed by atoms with van der Waals surface area (Å²) in [6, 6.07) is 4.06. The van der Waals surface area contributed by atoms with E-state index < -0.39 is 0 Å². The molecule has 0 saturated carbocycles. The van der Waals surface area contributed by atoms with Crippen LogP contribution in [0, 0.1) is 0 Å². The van der Waals surface area contributed by atoms with Crippen LogP contribution in [0.2, 0.25) is 0 Å². The fourth-order valence-electron chi connectivity index (χ4n) is 3.57. The minimum Gasteiger partial charge on any atom is -0.338 e. The van der Waals surface area contributed by atoms with Gasteiger partial charge in [0.05, 0.1) is 12.2 Å². The average Bonchev–Trinajstić information content (AvgIpc) is 3.28. The number of nitrogens with zero attached hydrogens (tertiary/aromatic N) is 7. The highest BCUT2D eigenvalue weighted by molar-refractivity contribution is 5.37. The van der Waals surface area contributed by atoms with Crippen LogP contribution in [0.1, 0.15) is 82.5 Å². The van der Waals surface area contributed by atoms with Gasteiger partial charge in [0.25, 0.3) is 0 Å². The summed E-state index contributed by atoms with van der Waals surface area (Å²) in [5, 5.41) is 17.7. The van der Waals surface area contributed by atoms with Crippen molar-refractivity contribution >= 4 is 5.65 Å². The Hall–Kier alpha value is -2.35. The van der Waals surface area contributed by atoms with Gasteiger partial charge in [0.15, 0.2) is 17.3 Å². The van der Waals surface area contributed by atoms with Crippen LogP contribution in [0.5, 0.6) is 0 Å². The van der Waals surface area contributed by atoms with Crippen molar-refractivity contribution in [2.75, 3.05) is 13.1 Å². The topological polar surface area (TPSA) is 85.2 Å². The van der Waals surface area contributed by atoms with Gasteiger partial charge >= 0.3 is 0 Å². The van der Waals surface area contributed by atoms with E-state index in [-0.39, 0.29) is 11.3 Å². The summed E-state index contributed by atoms with van der Waals surface area (Å²) in [4.78, 5) is 6.86. The molecule has 3 aromatic rings. The number of hydrogen-bond donors (Lipinski definition) is 0. The smallest absolute Gasteiger partial charge is 0.240 e. The lowest BCUT2D eigenvalue weighted by Gasteiger charge is -2.29. The molecule has 0 aromatic carbocycles. The average molecular weight is 384 g/mol. The van der Waals surface area contributed by atoms with Gasteiger partial charge in [-0.15, -0.1) is 10.2 Å². The van der Waals surface area contributed by atoms with Crippen LogP contribution in [0.15, 0.2) is 16.7 Å². The summed E-state index contributed by atoms with van der Waals surface area (Å²) in [6.45, 7) is 13.3. The molecule has 0 aliphatic carbocycles. The molecule has 0 unspecified atom stereocenters. The number of likely N-dealkylation sites (tertiary alicyclic amines) is 1. The summed E-state index contributed by atoms with van der Waals surface area (Å²) >= 11 is 0. The summed E-state index contributed by atoms with van der Waals surface area (Å²) in [5.74, 6) is 3.10. The first-order chi connectivity index (χ1) is 13.3. The Morgan fingerprint density at radius 1 is 1.14 bits per heavy atom. The minimum atomic E-state index is -0.00197. The zero-order valence-corrected chi connectivity index (χ0v) is 17.4. The molecule has 1 saturated heterocycles. The predicted octanol–water partition coefficient (Wildman–Crippen LogP) is 3.31. The van der Waals surface area contributed by atoms with Gasteiger partial charge < -0.3 is 4.52 Å². The van der Waals surface area contributed by atoms with E-state index in [0.29, 0.717) is 18.4 Å². The molecule has 0 atom stereocenters. The van der Waals surface area contributed by atoms with Crippen molar-refractivity contribution in [2.24, 2.45) is 0 Å². The van der Waals surface area contributed by atoms with Crippen LogP contribution in [-0.4, -0.2) is 47.9 Å². The van der Waals surface area contributed by atoms with Gasteiger partial charge in [-0.05, 0) is 38.1 Å². The molecule has 0 bridgehead atoms. The summed E-state index contributed by atoms with van der Waals surface area (Å²) < 4.78 is 7.33. The van der Waals surface area contributed by atoms with Crippen molar-refractivity contribution in [3.8, 4) is 0 Å². The first-order valence-corrected chi connectivity index (χ1v) is 10.1. The highest BCUT2D eigenvalue weighted by atomic mass is 16.5. The third-order valence-electron chi connectivity index (χ3n) is 5.37. The number of piperidine rings is 1. The first-order valence-electron chi connectivity index (χ1n) is 10.1. The molecule has 8 heteroatoms. The lowest BCUT2D eigenvalue weighted by Crippen LogP contribution is -2.33. The fraction of sp³-hybridized carbons (Fsp3) is 0.650. The van der Waals surface area contributed by atoms with Gasteiger partial charge in [-0.1, -0.05) is 39.8 Å². The summed E-state index contributed by atoms with van der Waals surface area (Å²) in [5.41, 5.74) is 1.87. The van der Waals surface area contributed by atoms with E-state index in [1.807, 2.05) is 16.6 Å². The Kier molecular flexibility index (Phi) is 4.91. The van der Waals surface area contributed by atoms with E-state index in [4.69, 9.17) is 9.62 Å². The van der Waals surface area contributed by atoms with E-state index in [0.717, 1.165) is 48.9 Å². The number of rotatable bonds is 4. The van der Waals surface area contributed by atoms with Crippen LogP contribution in [-0.2, 0) is 12.0 Å². The third kappa shape index (κ3) is 3.78. The number of aromatic nitrogens is 6. The molecule has 3 aromatic heterocycles. The van der Waals surface area contributed by atoms with Gasteiger partial charge in [0.2, 0.25) is 5.89 Å². The summed E-state index contributed by atoms with van der Waals surface area (Å²) in [6.07, 6.45) is 2.04. The maximum absolute atomic E-state index is 5.39. The third-order valence-corrected chi connectivity index (χ3v) is 5.37. The Bertz CT molecular complexity index is 945. The molecular weight excluding hydrogens is 354 g/mol. The fourth-order valence-corrected chi connectivity index (χ4v) is 3.57. The van der Waals surface area contributed by atoms with Crippen LogP contribution in [0.25, 0.3) is 5.65 Å². The normalized spacial score (nSPS) is 17.1. The maximum atomic E-state index is 5.39. The van der Waals surface area contributed by atoms with Crippen molar-refractivity contribution in [3.05, 3.63) is 35.4 Å². The Balaban J connectivity index is 1.44. The van der Waals surface area contributed by atoms with Gasteiger partial charge in [-0.2, -0.15) is 14.6 Å². The van der Waals surface area contributed by atoms with Crippen LogP contribution < -0.4 is 0 Å². The predicted molar refractivity (Wildman–Crippen MR) is 105 cm³/mol. The number of hydrogen-bond acceptors (Lipinski definition) is 7. The molecule has 1 aliphatic rings. The molecule has 4 rings (SSSR count). The van der Waals surface area contributed by atoms with Crippen molar-refractivity contribution in [1.29, 1.82) is 0 Å². The lowest BCUT2D eigenvalue weighted by molar-refractivity contribution is 0.178. The summed E-state index contributed by atoms with van der Waals surface area (Å²) in [7, 11) is 0. The monoisotopic (exact) mass is 383 g/mol. The molecular formula is C20H29N7O. The molecule has 1 aliphatic heterocycles. The van der Waals surface area contributed by atoms with Gasteiger partial charge in [-0.25, -0.2) is 0 Å². The van der Waals surface area contributed by atoms with Crippen molar-refractivity contribution in [3.63, 3.8) is 0 Å². The zero-order valence-electron chi connectivity index (χ0n) is 17.4. The maximum Gasteiger partial charge on any atom is 0.240 e. The second-order valence-corrected chi connectivity index (χ2v) is 9.05. The largest absolute Gasteiger partial charge is 0.338 e. The van der Waals surface area contributed by atoms with Gasteiger partial charge in [0, 0.05) is 17.3 Å². The van der Waals surface area contributed by atoms with E-state index >= 15 is 0 Å². The van der Waals surface area contributed by atoms with Crippen LogP contribution >= 0.6 is 0 Å². The standard InChI is InChI=1S/C20H29N7O/c1-13(2)18-21-17(28-25-18)12-26-10-8-14(9-11-26)19-23-22-16-7-6-15(20(3,4)5)24-27(16)19/h6-7,13-14H,8-12H2,1-5H3. The molecule has 4 heterocycles. The quantitative estimate of drug-likeness (QED) is 0.683. The Morgan fingerprint density at radius 2 is 1.89 bits per heavy atom. The second kappa shape index (κ2) is 7.24. The number of fused-ring (bicyclic) bond motifs is 1. The van der Waals surface area contributed by atoms with Gasteiger partial charge in [-0.3, -0.25) is 4.90 Å². The van der Waals surface area contributed by atoms with Crippen LogP contribution in [0.3, 0.4) is 0 Å². The Morgan fingerprint density at radius 3 is 2.54 bits per heavy atom. The van der Waals surface area contributed by atoms with E-state index in [1.54, 1.807) is 0 Å². The molecule has 0 N–H and O–H groups in total. The second-order valence-electron chi connectivity index (χ2n) is 9.05. The van der Waals surface area contributed by atoms with Crippen molar-refractivity contribution in [1.82, 2.24) is 34.9 Å². The molecule has 0 spiro atoms. The van der Waals surface area contributed by atoms with Crippen molar-refractivity contribution in [2.45, 2.75) is 71.3 Å². The first kappa shape index (κ1) is 19.0. The highest BCUT2D eigenvalue weighted by Crippen LogP contribution is 2.28. The zero-order chi connectivity index (χ0) is 19.9. The molecule has 0 radical (unpaired) electrons. The van der Waals surface area contributed by atoms with E-state index in [1.165, 1.54) is 0 Å². The lowest BCUT2D eigenvalue weighted by atomic mass is 9.92. The minimum absolute atomic E-state index is 0.00197. The molecule has 28 heavy (non-hydrogen) atoms. The van der Waals surface area contributed by atoms with Crippen molar-refractivity contribution < 1.29 is 4.52 Å².